The average molecular weight is 991 g/mol. The Bertz CT molecular complexity index is 3150. The molecule has 0 aliphatic heterocycles. The van der Waals surface area contributed by atoms with E-state index in [-0.39, 0.29) is 37.6 Å². The molecular formula is C57H50N3OPt-. The quantitative estimate of drug-likeness (QED) is 0.162. The molecule has 2 aromatic heterocycles. The summed E-state index contributed by atoms with van der Waals surface area (Å²) in [6, 6.07) is 58.7. The van der Waals surface area contributed by atoms with Crippen molar-refractivity contribution in [2.45, 2.75) is 59.2 Å². The van der Waals surface area contributed by atoms with E-state index in [1.54, 1.807) is 18.3 Å². The zero-order chi connectivity index (χ0) is 45.0. The van der Waals surface area contributed by atoms with E-state index in [1.165, 1.54) is 0 Å². The minimum Gasteiger partial charge on any atom is -0.507 e. The third-order valence-electron chi connectivity index (χ3n) is 11.5. The Labute approximate surface area is 384 Å². The Morgan fingerprint density at radius 2 is 1.18 bits per heavy atom. The van der Waals surface area contributed by atoms with Crippen molar-refractivity contribution in [3.05, 3.63) is 193 Å². The molecule has 0 radical (unpaired) electrons. The number of hydrogen-bond donors (Lipinski definition) is 1. The van der Waals surface area contributed by atoms with Gasteiger partial charge in [0.25, 0.3) is 0 Å². The second kappa shape index (κ2) is 16.8. The maximum absolute atomic E-state index is 12.3. The van der Waals surface area contributed by atoms with Gasteiger partial charge in [0, 0.05) is 48.3 Å². The molecule has 310 valence electrons. The molecule has 62 heavy (non-hydrogen) atoms. The number of phenols is 1. The molecule has 0 aliphatic carbocycles. The van der Waals surface area contributed by atoms with Gasteiger partial charge in [-0.25, -0.2) is 4.98 Å². The average Bonchev–Trinajstić information content (AvgIpc) is 3.68. The number of rotatable bonds is 7. The van der Waals surface area contributed by atoms with Crippen molar-refractivity contribution >= 4 is 11.0 Å². The van der Waals surface area contributed by atoms with Crippen molar-refractivity contribution in [1.82, 2.24) is 14.5 Å². The van der Waals surface area contributed by atoms with E-state index in [2.05, 4.69) is 155 Å². The van der Waals surface area contributed by atoms with Crippen molar-refractivity contribution in [1.29, 1.82) is 0 Å². The van der Waals surface area contributed by atoms with Crippen LogP contribution in [-0.2, 0) is 31.9 Å². The maximum atomic E-state index is 12.3. The molecule has 7 aromatic carbocycles. The van der Waals surface area contributed by atoms with Crippen LogP contribution in [0.5, 0.6) is 5.75 Å². The fourth-order valence-corrected chi connectivity index (χ4v) is 8.07. The van der Waals surface area contributed by atoms with Gasteiger partial charge >= 0.3 is 0 Å². The number of pyridine rings is 1. The summed E-state index contributed by atoms with van der Waals surface area (Å²) in [6.45, 7) is 10.8. The molecule has 9 aromatic rings. The van der Waals surface area contributed by atoms with Crippen LogP contribution in [0.4, 0.5) is 0 Å². The Morgan fingerprint density at radius 3 is 1.82 bits per heavy atom. The van der Waals surface area contributed by atoms with Gasteiger partial charge in [-0.05, 0) is 81.4 Å². The van der Waals surface area contributed by atoms with Crippen LogP contribution < -0.4 is 0 Å². The molecule has 0 spiro atoms. The minimum atomic E-state index is -2.18. The van der Waals surface area contributed by atoms with E-state index in [1.807, 2.05) is 48.5 Å². The second-order valence-corrected chi connectivity index (χ2v) is 17.8. The maximum Gasteiger partial charge on any atom is 0.148 e. The van der Waals surface area contributed by atoms with Gasteiger partial charge in [-0.15, -0.1) is 23.8 Å². The zero-order valence-corrected chi connectivity index (χ0v) is 38.0. The summed E-state index contributed by atoms with van der Waals surface area (Å²) in [5.41, 5.74) is 14.3. The molecule has 1 N–H and O–H groups in total. The number of aryl methyl sites for hydroxylation is 1. The molecule has 0 saturated carbocycles. The van der Waals surface area contributed by atoms with E-state index < -0.39 is 6.85 Å². The molecule has 0 aliphatic rings. The molecule has 0 unspecified atom stereocenters. The largest absolute Gasteiger partial charge is 0.507 e. The Balaban J connectivity index is 0.00000576. The Morgan fingerprint density at radius 1 is 0.565 bits per heavy atom. The molecule has 0 atom stereocenters. The molecule has 0 amide bonds. The number of fused-ring (bicyclic) bond motifs is 1. The van der Waals surface area contributed by atoms with Crippen molar-refractivity contribution < 1.29 is 30.3 Å². The summed E-state index contributed by atoms with van der Waals surface area (Å²) < 4.78 is 25.7. The third-order valence-corrected chi connectivity index (χ3v) is 11.5. The summed E-state index contributed by atoms with van der Waals surface area (Å²) >= 11 is 0. The fourth-order valence-electron chi connectivity index (χ4n) is 8.07. The first-order chi connectivity index (χ1) is 30.5. The molecule has 5 heteroatoms. The summed E-state index contributed by atoms with van der Waals surface area (Å²) in [7, 11) is 0. The smallest absolute Gasteiger partial charge is 0.148 e. The molecular weight excluding hydrogens is 938 g/mol. The molecule has 0 bridgehead atoms. The van der Waals surface area contributed by atoms with Gasteiger partial charge in [0.15, 0.2) is 0 Å². The first kappa shape index (κ1) is 38.6. The van der Waals surface area contributed by atoms with Crippen molar-refractivity contribution in [3.63, 3.8) is 0 Å². The minimum absolute atomic E-state index is 0. The van der Waals surface area contributed by atoms with Crippen molar-refractivity contribution in [2.75, 3.05) is 0 Å². The molecule has 0 saturated heterocycles. The van der Waals surface area contributed by atoms with E-state index in [0.29, 0.717) is 17.0 Å². The normalized spacial score (nSPS) is 12.6. The molecule has 2 heterocycles. The van der Waals surface area contributed by atoms with Gasteiger partial charge in [-0.2, -0.15) is 0 Å². The number of aromatic hydroxyl groups is 1. The molecule has 9 rings (SSSR count). The topological polar surface area (TPSA) is 50.9 Å². The monoisotopic (exact) mass is 990 g/mol. The predicted octanol–water partition coefficient (Wildman–Crippen LogP) is 14.8. The summed E-state index contributed by atoms with van der Waals surface area (Å²) in [4.78, 5) is 10.4. The van der Waals surface area contributed by atoms with Gasteiger partial charge in [0.2, 0.25) is 0 Å². The SMILES string of the molecule is [2H]C([2H])([2H])c1ccc(-c2ccnc(-c3[c-]c(-c4cccc5c4nc(-c4cc(C(C)(C)C)cc(C(C)(C)C)c4O)n5-c4ccc(-c5ccccc5)cc4)cc(-c4ccccc4)c3)c2)cc1.[Pt]. The van der Waals surface area contributed by atoms with E-state index >= 15 is 0 Å². The van der Waals surface area contributed by atoms with E-state index in [4.69, 9.17) is 14.1 Å². The van der Waals surface area contributed by atoms with Crippen LogP contribution in [-0.4, -0.2) is 19.6 Å². The molecule has 4 nitrogen and oxygen atoms in total. The number of phenolic OH excluding ortho intramolecular Hbond substituents is 1. The second-order valence-electron chi connectivity index (χ2n) is 17.8. The summed E-state index contributed by atoms with van der Waals surface area (Å²) in [6.07, 6.45) is 1.78. The van der Waals surface area contributed by atoms with E-state index in [0.717, 1.165) is 83.6 Å². The molecule has 0 fully saturated rings. The predicted molar refractivity (Wildman–Crippen MR) is 254 cm³/mol. The zero-order valence-electron chi connectivity index (χ0n) is 38.8. The number of nitrogens with zero attached hydrogens (tertiary/aromatic N) is 3. The fraction of sp³-hybridized carbons (Fsp3) is 0.158. The van der Waals surface area contributed by atoms with Gasteiger partial charge in [0.1, 0.15) is 11.6 Å². The summed E-state index contributed by atoms with van der Waals surface area (Å²) in [5, 5.41) is 12.3. The van der Waals surface area contributed by atoms with Gasteiger partial charge in [0.05, 0.1) is 16.6 Å². The van der Waals surface area contributed by atoms with Crippen LogP contribution in [0.2, 0.25) is 0 Å². The van der Waals surface area contributed by atoms with Crippen LogP contribution in [0, 0.1) is 12.9 Å². The van der Waals surface area contributed by atoms with Crippen LogP contribution in [0.3, 0.4) is 0 Å². The van der Waals surface area contributed by atoms with Crippen LogP contribution in [0.25, 0.3) is 83.9 Å². The first-order valence-electron chi connectivity index (χ1n) is 22.3. The number of imidazole rings is 1. The van der Waals surface area contributed by atoms with Gasteiger partial charge in [-0.1, -0.05) is 185 Å². The first-order valence-corrected chi connectivity index (χ1v) is 20.8. The number of benzene rings is 7. The van der Waals surface area contributed by atoms with Crippen molar-refractivity contribution in [3.8, 4) is 78.6 Å². The standard InChI is InChI=1S/C57H50N3O.Pt/c1-37-21-23-41(24-22-37)42-29-30-58-51(34-42)45-32-43(39-17-12-9-13-18-39)31-44(33-45)48-19-14-20-52-53(48)59-55(49-35-46(56(2,3)4)36-50(54(49)61)57(5,6)7)60(52)47-27-25-40(26-28-47)38-15-10-8-11-16-38;/h8-32,34-36,61H,1-7H3;/q-1;/i1D3;. The van der Waals surface area contributed by atoms with Crippen molar-refractivity contribution in [2.24, 2.45) is 0 Å². The number of para-hydroxylation sites is 1. The Kier molecular flexibility index (Phi) is 10.5. The van der Waals surface area contributed by atoms with E-state index in [9.17, 15) is 5.11 Å². The number of aromatic nitrogens is 3. The van der Waals surface area contributed by atoms with Crippen LogP contribution in [0.15, 0.2) is 170 Å². The third kappa shape index (κ3) is 8.33. The summed E-state index contributed by atoms with van der Waals surface area (Å²) in [5.74, 6) is 0.862. The van der Waals surface area contributed by atoms with Crippen LogP contribution >= 0.6 is 0 Å². The number of hydrogen-bond acceptors (Lipinski definition) is 3. The van der Waals surface area contributed by atoms with Gasteiger partial charge < -0.3 is 5.11 Å². The van der Waals surface area contributed by atoms with Gasteiger partial charge in [-0.3, -0.25) is 9.55 Å². The van der Waals surface area contributed by atoms with Crippen LogP contribution in [0.1, 0.15) is 62.3 Å². The Hall–Kier alpha value is -6.35.